The fourth-order valence-corrected chi connectivity index (χ4v) is 1.55. The number of aliphatic hydroxyl groups is 1. The number of rotatable bonds is 4. The molecule has 3 nitrogen and oxygen atoms in total. The van der Waals surface area contributed by atoms with Gasteiger partial charge in [0.1, 0.15) is 0 Å². The van der Waals surface area contributed by atoms with Gasteiger partial charge in [-0.2, -0.15) is 0 Å². The number of nitrogens with two attached hydrogens (primary N) is 1. The molecule has 0 saturated heterocycles. The largest absolute Gasteiger partial charge is 0.397 e. The second-order valence-corrected chi connectivity index (χ2v) is 3.44. The van der Waals surface area contributed by atoms with Crippen LogP contribution in [0.4, 0.5) is 11.4 Å². The van der Waals surface area contributed by atoms with Crippen molar-refractivity contribution >= 4 is 23.0 Å². The Morgan fingerprint density at radius 1 is 1.50 bits per heavy atom. The number of benzene rings is 1. The van der Waals surface area contributed by atoms with Crippen LogP contribution >= 0.6 is 11.6 Å². The summed E-state index contributed by atoms with van der Waals surface area (Å²) in [7, 11) is 0. The lowest BCUT2D eigenvalue weighted by Gasteiger charge is -2.11. The number of hydrogen-bond acceptors (Lipinski definition) is 3. The van der Waals surface area contributed by atoms with Crippen LogP contribution in [0.15, 0.2) is 12.1 Å². The molecule has 0 spiro atoms. The summed E-state index contributed by atoms with van der Waals surface area (Å²) in [5.41, 5.74) is 8.26. The summed E-state index contributed by atoms with van der Waals surface area (Å²) in [4.78, 5) is 0. The van der Waals surface area contributed by atoms with Gasteiger partial charge in [0.05, 0.1) is 18.0 Å². The highest BCUT2D eigenvalue weighted by Crippen LogP contribution is 2.27. The SMILES string of the molecule is CCc1cc(NCCO)c(N)cc1Cl. The maximum Gasteiger partial charge on any atom is 0.0604 e. The van der Waals surface area contributed by atoms with Crippen LogP contribution in [0.3, 0.4) is 0 Å². The minimum atomic E-state index is 0.0868. The number of aryl methyl sites for hydroxylation is 1. The number of halogens is 1. The lowest BCUT2D eigenvalue weighted by molar-refractivity contribution is 0.311. The fourth-order valence-electron chi connectivity index (χ4n) is 1.25. The molecule has 1 rings (SSSR count). The van der Waals surface area contributed by atoms with Gasteiger partial charge in [0.2, 0.25) is 0 Å². The van der Waals surface area contributed by atoms with E-state index in [1.165, 1.54) is 0 Å². The molecule has 4 heteroatoms. The van der Waals surface area contributed by atoms with Crippen molar-refractivity contribution in [1.29, 1.82) is 0 Å². The van der Waals surface area contributed by atoms with Crippen LogP contribution in [0.5, 0.6) is 0 Å². The highest BCUT2D eigenvalue weighted by Gasteiger charge is 2.04. The summed E-state index contributed by atoms with van der Waals surface area (Å²) in [5.74, 6) is 0. The van der Waals surface area contributed by atoms with E-state index in [1.54, 1.807) is 6.07 Å². The van der Waals surface area contributed by atoms with Crippen molar-refractivity contribution in [2.45, 2.75) is 13.3 Å². The molecule has 78 valence electrons. The maximum absolute atomic E-state index is 8.67. The second kappa shape index (κ2) is 5.08. The van der Waals surface area contributed by atoms with Crippen molar-refractivity contribution in [3.8, 4) is 0 Å². The van der Waals surface area contributed by atoms with Gasteiger partial charge in [0.25, 0.3) is 0 Å². The molecule has 0 saturated carbocycles. The third-order valence-corrected chi connectivity index (χ3v) is 2.38. The Bertz CT molecular complexity index is 315. The van der Waals surface area contributed by atoms with Gasteiger partial charge in [0.15, 0.2) is 0 Å². The molecular formula is C10H15ClN2O. The molecule has 0 bridgehead atoms. The molecule has 14 heavy (non-hydrogen) atoms. The zero-order valence-electron chi connectivity index (χ0n) is 8.18. The van der Waals surface area contributed by atoms with Gasteiger partial charge in [0, 0.05) is 11.6 Å². The van der Waals surface area contributed by atoms with Crippen LogP contribution < -0.4 is 11.1 Å². The summed E-state index contributed by atoms with van der Waals surface area (Å²) in [6.07, 6.45) is 0.868. The minimum Gasteiger partial charge on any atom is -0.397 e. The highest BCUT2D eigenvalue weighted by atomic mass is 35.5. The van der Waals surface area contributed by atoms with Gasteiger partial charge in [-0.05, 0) is 24.1 Å². The summed E-state index contributed by atoms with van der Waals surface area (Å²) in [5, 5.41) is 12.4. The Morgan fingerprint density at radius 2 is 2.21 bits per heavy atom. The number of anilines is 2. The second-order valence-electron chi connectivity index (χ2n) is 3.03. The summed E-state index contributed by atoms with van der Waals surface area (Å²) < 4.78 is 0. The minimum absolute atomic E-state index is 0.0868. The van der Waals surface area contributed by atoms with Gasteiger partial charge < -0.3 is 16.2 Å². The zero-order valence-corrected chi connectivity index (χ0v) is 8.93. The highest BCUT2D eigenvalue weighted by molar-refractivity contribution is 6.31. The standard InChI is InChI=1S/C10H15ClN2O/c1-2-7-5-10(13-3-4-14)9(12)6-8(7)11/h5-6,13-14H,2-4,12H2,1H3. The molecular weight excluding hydrogens is 200 g/mol. The smallest absolute Gasteiger partial charge is 0.0604 e. The molecule has 1 aromatic carbocycles. The quantitative estimate of drug-likeness (QED) is 0.671. The van der Waals surface area contributed by atoms with Crippen LogP contribution in [-0.4, -0.2) is 18.3 Å². The van der Waals surface area contributed by atoms with Crippen LogP contribution in [0.1, 0.15) is 12.5 Å². The Morgan fingerprint density at radius 3 is 2.79 bits per heavy atom. The number of nitrogen functional groups attached to an aromatic ring is 1. The third-order valence-electron chi connectivity index (χ3n) is 2.03. The van der Waals surface area contributed by atoms with E-state index in [9.17, 15) is 0 Å². The average Bonchev–Trinajstić information content (AvgIpc) is 2.17. The number of nitrogens with one attached hydrogen (secondary N) is 1. The normalized spacial score (nSPS) is 10.2. The summed E-state index contributed by atoms with van der Waals surface area (Å²) in [6.45, 7) is 2.62. The van der Waals surface area contributed by atoms with Crippen LogP contribution in [0.25, 0.3) is 0 Å². The van der Waals surface area contributed by atoms with Crippen LogP contribution in [0, 0.1) is 0 Å². The van der Waals surface area contributed by atoms with E-state index in [2.05, 4.69) is 5.32 Å². The molecule has 0 aliphatic carbocycles. The van der Waals surface area contributed by atoms with E-state index in [0.717, 1.165) is 17.7 Å². The third kappa shape index (κ3) is 2.53. The van der Waals surface area contributed by atoms with E-state index in [1.807, 2.05) is 13.0 Å². The first-order valence-electron chi connectivity index (χ1n) is 4.61. The fraction of sp³-hybridized carbons (Fsp3) is 0.400. The molecule has 1 aromatic rings. The molecule has 0 fully saturated rings. The zero-order chi connectivity index (χ0) is 10.6. The Kier molecular flexibility index (Phi) is 4.04. The van der Waals surface area contributed by atoms with Gasteiger partial charge in [-0.25, -0.2) is 0 Å². The van der Waals surface area contributed by atoms with Crippen molar-refractivity contribution in [1.82, 2.24) is 0 Å². The maximum atomic E-state index is 8.67. The molecule has 0 aromatic heterocycles. The monoisotopic (exact) mass is 214 g/mol. The van der Waals surface area contributed by atoms with Gasteiger partial charge >= 0.3 is 0 Å². The van der Waals surface area contributed by atoms with Crippen molar-refractivity contribution in [3.63, 3.8) is 0 Å². The Hall–Kier alpha value is -0.930. The van der Waals surface area contributed by atoms with E-state index in [0.29, 0.717) is 17.3 Å². The molecule has 4 N–H and O–H groups in total. The predicted octanol–water partition coefficient (Wildman–Crippen LogP) is 1.89. The first-order valence-corrected chi connectivity index (χ1v) is 4.99. The molecule has 0 atom stereocenters. The molecule has 0 aliphatic rings. The van der Waals surface area contributed by atoms with Gasteiger partial charge in [-0.3, -0.25) is 0 Å². The van der Waals surface area contributed by atoms with Crippen LogP contribution in [0.2, 0.25) is 5.02 Å². The van der Waals surface area contributed by atoms with E-state index >= 15 is 0 Å². The van der Waals surface area contributed by atoms with Crippen molar-refractivity contribution < 1.29 is 5.11 Å². The van der Waals surface area contributed by atoms with Crippen molar-refractivity contribution in [2.75, 3.05) is 24.2 Å². The lowest BCUT2D eigenvalue weighted by Crippen LogP contribution is -2.08. The Labute approximate surface area is 88.9 Å². The van der Waals surface area contributed by atoms with Gasteiger partial charge in [-0.1, -0.05) is 18.5 Å². The topological polar surface area (TPSA) is 58.3 Å². The summed E-state index contributed by atoms with van der Waals surface area (Å²) >= 11 is 5.98. The van der Waals surface area contributed by atoms with E-state index in [-0.39, 0.29) is 6.61 Å². The molecule has 0 aliphatic heterocycles. The summed E-state index contributed by atoms with van der Waals surface area (Å²) in [6, 6.07) is 3.66. The lowest BCUT2D eigenvalue weighted by atomic mass is 10.1. The van der Waals surface area contributed by atoms with Crippen LogP contribution in [-0.2, 0) is 6.42 Å². The molecule has 0 radical (unpaired) electrons. The molecule has 0 heterocycles. The predicted molar refractivity (Wildman–Crippen MR) is 60.8 cm³/mol. The van der Waals surface area contributed by atoms with Crippen molar-refractivity contribution in [3.05, 3.63) is 22.7 Å². The van der Waals surface area contributed by atoms with E-state index < -0.39 is 0 Å². The molecule has 0 unspecified atom stereocenters. The number of aliphatic hydroxyl groups excluding tert-OH is 1. The van der Waals surface area contributed by atoms with Gasteiger partial charge in [-0.15, -0.1) is 0 Å². The van der Waals surface area contributed by atoms with E-state index in [4.69, 9.17) is 22.4 Å². The molecule has 0 amide bonds. The Balaban J connectivity index is 2.92. The number of hydrogen-bond donors (Lipinski definition) is 3. The average molecular weight is 215 g/mol. The first-order chi connectivity index (χ1) is 6.69. The van der Waals surface area contributed by atoms with Crippen molar-refractivity contribution in [2.24, 2.45) is 0 Å². The first kappa shape index (κ1) is 11.1.